The number of hydrogen-bond acceptors (Lipinski definition) is 7. The highest BCUT2D eigenvalue weighted by atomic mass is 16.6. The Bertz CT molecular complexity index is 1050. The van der Waals surface area contributed by atoms with Gasteiger partial charge in [0.25, 0.3) is 17.5 Å². The van der Waals surface area contributed by atoms with E-state index in [-0.39, 0.29) is 22.7 Å². The second-order valence-corrected chi connectivity index (χ2v) is 8.15. The highest BCUT2D eigenvalue weighted by Crippen LogP contribution is 2.31. The van der Waals surface area contributed by atoms with E-state index >= 15 is 0 Å². The van der Waals surface area contributed by atoms with Gasteiger partial charge in [-0.05, 0) is 50.0 Å². The molecule has 0 spiro atoms. The number of imide groups is 1. The number of benzene rings is 2. The van der Waals surface area contributed by atoms with Crippen LogP contribution in [0.4, 0.5) is 5.69 Å². The molecule has 0 aliphatic carbocycles. The van der Waals surface area contributed by atoms with Gasteiger partial charge in [0, 0.05) is 25.2 Å². The molecule has 1 aliphatic heterocycles. The standard InChI is InChI=1S/C25H31N3O6/c1-4-26(16-13-18-9-8-10-22(33-2)23(18)34-3)14-6-5-7-15-27-24(29)20-12-11-19(28(31)32)17-21(20)25(27)30/h8-12,17H,4-7,13-16H2,1-3H3. The monoisotopic (exact) mass is 469 g/mol. The number of nitro groups is 1. The quantitative estimate of drug-likeness (QED) is 0.189. The molecule has 0 bridgehead atoms. The number of carbonyl (C=O) groups is 2. The van der Waals surface area contributed by atoms with Crippen LogP contribution in [0.2, 0.25) is 0 Å². The zero-order valence-corrected chi connectivity index (χ0v) is 19.9. The molecule has 2 amide bonds. The third kappa shape index (κ3) is 5.53. The minimum absolute atomic E-state index is 0.115. The van der Waals surface area contributed by atoms with Gasteiger partial charge in [0.1, 0.15) is 0 Å². The fraction of sp³-hybridized carbons (Fsp3) is 0.440. The van der Waals surface area contributed by atoms with Crippen LogP contribution >= 0.6 is 0 Å². The van der Waals surface area contributed by atoms with E-state index in [0.29, 0.717) is 13.0 Å². The molecule has 34 heavy (non-hydrogen) atoms. The normalized spacial score (nSPS) is 12.9. The second kappa shape index (κ2) is 11.6. The van der Waals surface area contributed by atoms with Gasteiger partial charge in [0.05, 0.1) is 30.3 Å². The highest BCUT2D eigenvalue weighted by Gasteiger charge is 2.36. The van der Waals surface area contributed by atoms with Gasteiger partial charge in [-0.2, -0.15) is 0 Å². The van der Waals surface area contributed by atoms with Crippen LogP contribution < -0.4 is 9.47 Å². The van der Waals surface area contributed by atoms with Gasteiger partial charge in [-0.3, -0.25) is 24.6 Å². The SMILES string of the molecule is CCN(CCCCCN1C(=O)c2ccc([N+](=O)[O-])cc2C1=O)CCc1cccc(OC)c1OC. The number of para-hydroxylation sites is 1. The molecule has 9 nitrogen and oxygen atoms in total. The Hall–Kier alpha value is -3.46. The fourth-order valence-corrected chi connectivity index (χ4v) is 4.23. The molecule has 0 saturated carbocycles. The van der Waals surface area contributed by atoms with Crippen molar-refractivity contribution < 1.29 is 24.0 Å². The van der Waals surface area contributed by atoms with Crippen LogP contribution in [0.1, 0.15) is 52.5 Å². The Morgan fingerprint density at radius 1 is 0.971 bits per heavy atom. The van der Waals surface area contributed by atoms with E-state index in [1.165, 1.54) is 23.1 Å². The number of unbranched alkanes of at least 4 members (excludes halogenated alkanes) is 2. The number of fused-ring (bicyclic) bond motifs is 1. The third-order valence-electron chi connectivity index (χ3n) is 6.15. The maximum Gasteiger partial charge on any atom is 0.270 e. The lowest BCUT2D eigenvalue weighted by Gasteiger charge is -2.21. The summed E-state index contributed by atoms with van der Waals surface area (Å²) in [5.74, 6) is 0.668. The first kappa shape index (κ1) is 25.2. The molecule has 0 radical (unpaired) electrons. The maximum atomic E-state index is 12.6. The topological polar surface area (TPSA) is 102 Å². The number of nitrogens with zero attached hydrogens (tertiary/aromatic N) is 3. The summed E-state index contributed by atoms with van der Waals surface area (Å²) in [5, 5.41) is 11.0. The molecule has 3 rings (SSSR count). The van der Waals surface area contributed by atoms with Crippen molar-refractivity contribution in [2.75, 3.05) is 40.4 Å². The summed E-state index contributed by atoms with van der Waals surface area (Å²) in [6.07, 6.45) is 3.34. The van der Waals surface area contributed by atoms with Crippen molar-refractivity contribution in [3.8, 4) is 11.5 Å². The van der Waals surface area contributed by atoms with Crippen LogP contribution in [0.15, 0.2) is 36.4 Å². The number of nitro benzene ring substituents is 1. The average Bonchev–Trinajstić information content (AvgIpc) is 3.09. The Morgan fingerprint density at radius 3 is 2.41 bits per heavy atom. The Morgan fingerprint density at radius 2 is 1.74 bits per heavy atom. The van der Waals surface area contributed by atoms with Crippen molar-refractivity contribution in [2.24, 2.45) is 0 Å². The van der Waals surface area contributed by atoms with Gasteiger partial charge in [0.15, 0.2) is 11.5 Å². The number of ether oxygens (including phenoxy) is 2. The molecular formula is C25H31N3O6. The van der Waals surface area contributed by atoms with Crippen molar-refractivity contribution in [3.63, 3.8) is 0 Å². The minimum atomic E-state index is -0.565. The van der Waals surface area contributed by atoms with Crippen molar-refractivity contribution in [2.45, 2.75) is 32.6 Å². The van der Waals surface area contributed by atoms with Gasteiger partial charge in [-0.15, -0.1) is 0 Å². The van der Waals surface area contributed by atoms with E-state index < -0.39 is 10.8 Å². The van der Waals surface area contributed by atoms with Crippen molar-refractivity contribution in [1.29, 1.82) is 0 Å². The van der Waals surface area contributed by atoms with E-state index in [9.17, 15) is 19.7 Å². The number of likely N-dealkylation sites (N-methyl/N-ethyl adjacent to an activating group) is 1. The summed E-state index contributed by atoms with van der Waals surface area (Å²) >= 11 is 0. The molecule has 9 heteroatoms. The van der Waals surface area contributed by atoms with E-state index in [2.05, 4.69) is 11.8 Å². The molecule has 182 valence electrons. The number of carbonyl (C=O) groups excluding carboxylic acids is 2. The Balaban J connectivity index is 1.45. The van der Waals surface area contributed by atoms with Gasteiger partial charge in [0.2, 0.25) is 0 Å². The van der Waals surface area contributed by atoms with Gasteiger partial charge in [-0.1, -0.05) is 25.5 Å². The second-order valence-electron chi connectivity index (χ2n) is 8.15. The number of non-ortho nitro benzene ring substituents is 1. The molecule has 0 aromatic heterocycles. The molecule has 2 aromatic carbocycles. The fourth-order valence-electron chi connectivity index (χ4n) is 4.23. The predicted octanol–water partition coefficient (Wildman–Crippen LogP) is 3.94. The van der Waals surface area contributed by atoms with Crippen molar-refractivity contribution >= 4 is 17.5 Å². The lowest BCUT2D eigenvalue weighted by Crippen LogP contribution is -2.31. The molecule has 0 saturated heterocycles. The van der Waals surface area contributed by atoms with E-state index in [4.69, 9.17) is 9.47 Å². The summed E-state index contributed by atoms with van der Waals surface area (Å²) in [6.45, 7) is 5.16. The van der Waals surface area contributed by atoms with E-state index in [1.54, 1.807) is 14.2 Å². The summed E-state index contributed by atoms with van der Waals surface area (Å²) in [4.78, 5) is 39.1. The average molecular weight is 470 g/mol. The highest BCUT2D eigenvalue weighted by molar-refractivity contribution is 6.21. The minimum Gasteiger partial charge on any atom is -0.493 e. The molecule has 0 fully saturated rings. The molecule has 0 unspecified atom stereocenters. The first-order chi connectivity index (χ1) is 16.4. The largest absolute Gasteiger partial charge is 0.493 e. The molecule has 1 heterocycles. The first-order valence-electron chi connectivity index (χ1n) is 11.5. The molecule has 2 aromatic rings. The molecule has 0 atom stereocenters. The number of hydrogen-bond donors (Lipinski definition) is 0. The Labute approximate surface area is 199 Å². The summed E-state index contributed by atoms with van der Waals surface area (Å²) in [5.41, 5.74) is 1.27. The molecular weight excluding hydrogens is 438 g/mol. The maximum absolute atomic E-state index is 12.6. The van der Waals surface area contributed by atoms with Crippen molar-refractivity contribution in [1.82, 2.24) is 9.80 Å². The smallest absolute Gasteiger partial charge is 0.270 e. The lowest BCUT2D eigenvalue weighted by atomic mass is 10.1. The van der Waals surface area contributed by atoms with Crippen LogP contribution in [-0.4, -0.2) is 66.9 Å². The number of rotatable bonds is 13. The lowest BCUT2D eigenvalue weighted by molar-refractivity contribution is -0.384. The zero-order valence-electron chi connectivity index (χ0n) is 19.9. The van der Waals surface area contributed by atoms with Crippen LogP contribution in [0.25, 0.3) is 0 Å². The van der Waals surface area contributed by atoms with Crippen LogP contribution in [0.3, 0.4) is 0 Å². The first-order valence-corrected chi connectivity index (χ1v) is 11.5. The third-order valence-corrected chi connectivity index (χ3v) is 6.15. The van der Waals surface area contributed by atoms with E-state index in [0.717, 1.165) is 56.0 Å². The van der Waals surface area contributed by atoms with Gasteiger partial charge >= 0.3 is 0 Å². The van der Waals surface area contributed by atoms with E-state index in [1.807, 2.05) is 18.2 Å². The summed E-state index contributed by atoms with van der Waals surface area (Å²) < 4.78 is 10.9. The summed E-state index contributed by atoms with van der Waals surface area (Å²) in [6, 6.07) is 9.70. The summed E-state index contributed by atoms with van der Waals surface area (Å²) in [7, 11) is 3.28. The molecule has 0 N–H and O–H groups in total. The van der Waals surface area contributed by atoms with Crippen LogP contribution in [-0.2, 0) is 6.42 Å². The Kier molecular flexibility index (Phi) is 8.59. The van der Waals surface area contributed by atoms with Crippen LogP contribution in [0, 0.1) is 10.1 Å². The number of methoxy groups -OCH3 is 2. The van der Waals surface area contributed by atoms with Crippen LogP contribution in [0.5, 0.6) is 11.5 Å². The van der Waals surface area contributed by atoms with Crippen molar-refractivity contribution in [3.05, 3.63) is 63.2 Å². The number of amides is 2. The molecule has 1 aliphatic rings. The van der Waals surface area contributed by atoms with Gasteiger partial charge < -0.3 is 14.4 Å². The van der Waals surface area contributed by atoms with Gasteiger partial charge in [-0.25, -0.2) is 0 Å². The zero-order chi connectivity index (χ0) is 24.7. The predicted molar refractivity (Wildman–Crippen MR) is 128 cm³/mol.